The molecule has 1 aliphatic carbocycles. The van der Waals surface area contributed by atoms with Crippen LogP contribution in [0.4, 0.5) is 5.69 Å². The summed E-state index contributed by atoms with van der Waals surface area (Å²) in [5.41, 5.74) is 7.26. The summed E-state index contributed by atoms with van der Waals surface area (Å²) in [6, 6.07) is 4.66. The van der Waals surface area contributed by atoms with Gasteiger partial charge < -0.3 is 11.1 Å². The largest absolute Gasteiger partial charge is 0.388 e. The molecule has 1 saturated carbocycles. The number of nitrogens with one attached hydrogen (secondary N) is 1. The van der Waals surface area contributed by atoms with Gasteiger partial charge in [0.25, 0.3) is 0 Å². The van der Waals surface area contributed by atoms with Gasteiger partial charge in [-0.2, -0.15) is 0 Å². The third-order valence-electron chi connectivity index (χ3n) is 3.21. The molecule has 0 spiro atoms. The topological polar surface area (TPSA) is 54.2 Å². The molecule has 0 bridgehead atoms. The Balaban J connectivity index is 1.82. The number of thiocarbonyl (C=S) groups is 1. The van der Waals surface area contributed by atoms with E-state index in [0.29, 0.717) is 10.7 Å². The molecule has 0 unspecified atom stereocenters. The number of aromatic nitrogens is 1. The minimum atomic E-state index is 0.340. The number of nitrogens with zero attached hydrogens (tertiary/aromatic N) is 2. The zero-order valence-electron chi connectivity index (χ0n) is 10.7. The summed E-state index contributed by atoms with van der Waals surface area (Å²) in [5, 5.41) is 3.39. The van der Waals surface area contributed by atoms with E-state index in [4.69, 9.17) is 18.0 Å². The van der Waals surface area contributed by atoms with Crippen molar-refractivity contribution in [3.63, 3.8) is 0 Å². The van der Waals surface area contributed by atoms with Crippen molar-refractivity contribution in [3.05, 3.63) is 24.0 Å². The lowest BCUT2D eigenvalue weighted by Crippen LogP contribution is -2.30. The predicted molar refractivity (Wildman–Crippen MR) is 78.9 cm³/mol. The van der Waals surface area contributed by atoms with Gasteiger partial charge in [-0.05, 0) is 31.5 Å². The van der Waals surface area contributed by atoms with E-state index in [0.717, 1.165) is 31.4 Å². The lowest BCUT2D eigenvalue weighted by atomic mass is 10.3. The fourth-order valence-electron chi connectivity index (χ4n) is 2.06. The Morgan fingerprint density at radius 1 is 1.61 bits per heavy atom. The Hall–Kier alpha value is -1.20. The van der Waals surface area contributed by atoms with Crippen molar-refractivity contribution >= 4 is 22.9 Å². The first kappa shape index (κ1) is 13.2. The summed E-state index contributed by atoms with van der Waals surface area (Å²) in [5.74, 6) is 0. The van der Waals surface area contributed by atoms with Crippen LogP contribution in [0.1, 0.15) is 25.5 Å². The molecule has 1 fully saturated rings. The molecule has 1 aromatic rings. The molecule has 1 aliphatic rings. The quantitative estimate of drug-likeness (QED) is 0.733. The molecule has 98 valence electrons. The van der Waals surface area contributed by atoms with Crippen molar-refractivity contribution in [2.75, 3.05) is 25.0 Å². The normalized spacial score (nSPS) is 14.8. The second kappa shape index (κ2) is 6.11. The standard InChI is InChI=1S/C13H20N4S/c1-2-17(11-3-4-11)8-7-15-10-5-6-16-12(9-10)13(14)18/h5-6,9,11H,2-4,7-8H2,1H3,(H2,14,18)(H,15,16). The van der Waals surface area contributed by atoms with Gasteiger partial charge in [0, 0.05) is 31.0 Å². The molecule has 0 radical (unpaired) electrons. The maximum absolute atomic E-state index is 5.56. The van der Waals surface area contributed by atoms with E-state index in [9.17, 15) is 0 Å². The summed E-state index contributed by atoms with van der Waals surface area (Å²) in [7, 11) is 0. The Bertz CT molecular complexity index is 417. The van der Waals surface area contributed by atoms with Crippen LogP contribution in [0, 0.1) is 0 Å². The minimum absolute atomic E-state index is 0.340. The number of rotatable bonds is 7. The van der Waals surface area contributed by atoms with Crippen molar-refractivity contribution in [1.29, 1.82) is 0 Å². The van der Waals surface area contributed by atoms with E-state index in [1.807, 2.05) is 12.1 Å². The van der Waals surface area contributed by atoms with Gasteiger partial charge in [0.05, 0.1) is 5.69 Å². The van der Waals surface area contributed by atoms with Crippen LogP contribution in [-0.4, -0.2) is 40.5 Å². The number of likely N-dealkylation sites (N-methyl/N-ethyl adjacent to an activating group) is 1. The maximum atomic E-state index is 5.56. The molecular formula is C13H20N4S. The third kappa shape index (κ3) is 3.65. The van der Waals surface area contributed by atoms with Gasteiger partial charge in [0.1, 0.15) is 4.99 Å². The molecule has 0 atom stereocenters. The van der Waals surface area contributed by atoms with Crippen molar-refractivity contribution in [3.8, 4) is 0 Å². The summed E-state index contributed by atoms with van der Waals surface area (Å²) in [6.07, 6.45) is 4.44. The van der Waals surface area contributed by atoms with Crippen LogP contribution in [0.5, 0.6) is 0 Å². The molecule has 3 N–H and O–H groups in total. The molecule has 1 heterocycles. The fourth-order valence-corrected chi connectivity index (χ4v) is 2.17. The molecule has 5 heteroatoms. The smallest absolute Gasteiger partial charge is 0.122 e. The number of hydrogen-bond donors (Lipinski definition) is 2. The molecule has 0 saturated heterocycles. The van der Waals surface area contributed by atoms with Gasteiger partial charge in [0.15, 0.2) is 0 Å². The van der Waals surface area contributed by atoms with E-state index in [-0.39, 0.29) is 0 Å². The molecule has 1 aromatic heterocycles. The highest BCUT2D eigenvalue weighted by Gasteiger charge is 2.26. The van der Waals surface area contributed by atoms with Crippen molar-refractivity contribution in [1.82, 2.24) is 9.88 Å². The lowest BCUT2D eigenvalue weighted by molar-refractivity contribution is 0.289. The SMILES string of the molecule is CCN(CCNc1ccnc(C(N)=S)c1)C1CC1. The predicted octanol–water partition coefficient (Wildman–Crippen LogP) is 1.61. The number of anilines is 1. The second-order valence-electron chi connectivity index (χ2n) is 4.58. The monoisotopic (exact) mass is 264 g/mol. The molecule has 0 aliphatic heterocycles. The van der Waals surface area contributed by atoms with Gasteiger partial charge in [-0.3, -0.25) is 9.88 Å². The van der Waals surface area contributed by atoms with Crippen molar-refractivity contribution in [2.45, 2.75) is 25.8 Å². The van der Waals surface area contributed by atoms with Crippen LogP contribution in [0.3, 0.4) is 0 Å². The second-order valence-corrected chi connectivity index (χ2v) is 5.02. The molecule has 0 amide bonds. The summed E-state index contributed by atoms with van der Waals surface area (Å²) in [4.78, 5) is 6.98. The van der Waals surface area contributed by atoms with Crippen LogP contribution in [0.15, 0.2) is 18.3 Å². The van der Waals surface area contributed by atoms with E-state index in [2.05, 4.69) is 22.1 Å². The highest BCUT2D eigenvalue weighted by atomic mass is 32.1. The zero-order chi connectivity index (χ0) is 13.0. The molecule has 2 rings (SSSR count). The van der Waals surface area contributed by atoms with Crippen LogP contribution in [-0.2, 0) is 0 Å². The van der Waals surface area contributed by atoms with Crippen LogP contribution in [0.25, 0.3) is 0 Å². The Morgan fingerprint density at radius 2 is 2.39 bits per heavy atom. The van der Waals surface area contributed by atoms with Gasteiger partial charge in [-0.15, -0.1) is 0 Å². The first-order chi connectivity index (χ1) is 8.70. The van der Waals surface area contributed by atoms with Gasteiger partial charge in [-0.25, -0.2) is 0 Å². The first-order valence-electron chi connectivity index (χ1n) is 6.44. The maximum Gasteiger partial charge on any atom is 0.122 e. The molecule has 18 heavy (non-hydrogen) atoms. The van der Waals surface area contributed by atoms with E-state index >= 15 is 0 Å². The molecule has 4 nitrogen and oxygen atoms in total. The lowest BCUT2D eigenvalue weighted by Gasteiger charge is -2.20. The third-order valence-corrected chi connectivity index (χ3v) is 3.42. The summed E-state index contributed by atoms with van der Waals surface area (Å²) >= 11 is 4.92. The Labute approximate surface area is 114 Å². The van der Waals surface area contributed by atoms with E-state index in [1.165, 1.54) is 12.8 Å². The zero-order valence-corrected chi connectivity index (χ0v) is 11.5. The fraction of sp³-hybridized carbons (Fsp3) is 0.538. The van der Waals surface area contributed by atoms with Crippen molar-refractivity contribution < 1.29 is 0 Å². The van der Waals surface area contributed by atoms with Crippen LogP contribution >= 0.6 is 12.2 Å². The number of hydrogen-bond acceptors (Lipinski definition) is 4. The average Bonchev–Trinajstić information content (AvgIpc) is 3.19. The highest BCUT2D eigenvalue weighted by Crippen LogP contribution is 2.25. The Kier molecular flexibility index (Phi) is 4.49. The Morgan fingerprint density at radius 3 is 3.00 bits per heavy atom. The van der Waals surface area contributed by atoms with Gasteiger partial charge in [0.2, 0.25) is 0 Å². The van der Waals surface area contributed by atoms with Crippen LogP contribution < -0.4 is 11.1 Å². The highest BCUT2D eigenvalue weighted by molar-refractivity contribution is 7.80. The summed E-state index contributed by atoms with van der Waals surface area (Å²) < 4.78 is 0. The molecule has 0 aromatic carbocycles. The van der Waals surface area contributed by atoms with E-state index in [1.54, 1.807) is 6.20 Å². The summed E-state index contributed by atoms with van der Waals surface area (Å²) in [6.45, 7) is 5.35. The molecular weight excluding hydrogens is 244 g/mol. The van der Waals surface area contributed by atoms with E-state index < -0.39 is 0 Å². The van der Waals surface area contributed by atoms with Gasteiger partial charge >= 0.3 is 0 Å². The number of pyridine rings is 1. The first-order valence-corrected chi connectivity index (χ1v) is 6.85. The van der Waals surface area contributed by atoms with Gasteiger partial charge in [-0.1, -0.05) is 19.1 Å². The minimum Gasteiger partial charge on any atom is -0.388 e. The van der Waals surface area contributed by atoms with Crippen LogP contribution in [0.2, 0.25) is 0 Å². The number of nitrogens with two attached hydrogens (primary N) is 1. The van der Waals surface area contributed by atoms with Crippen molar-refractivity contribution in [2.24, 2.45) is 5.73 Å². The average molecular weight is 264 g/mol.